The second kappa shape index (κ2) is 7.61. The Morgan fingerprint density at radius 2 is 2.06 bits per heavy atom. The van der Waals surface area contributed by atoms with Crippen LogP contribution in [0.2, 0.25) is 0 Å². The van der Waals surface area contributed by atoms with Gasteiger partial charge in [-0.05, 0) is 19.3 Å². The summed E-state index contributed by atoms with van der Waals surface area (Å²) in [5.41, 5.74) is 0. The number of hydrogen-bond acceptors (Lipinski definition) is 3. The molecular weight excluding hydrogens is 300 g/mol. The topological polar surface area (TPSA) is 58.6 Å². The van der Waals surface area contributed by atoms with Gasteiger partial charge in [0.15, 0.2) is 0 Å². The molecule has 1 rings (SSSR count). The average molecular weight is 321 g/mol. The van der Waals surface area contributed by atoms with E-state index >= 15 is 0 Å². The highest BCUT2D eigenvalue weighted by Crippen LogP contribution is 2.19. The molecule has 0 aliphatic carbocycles. The number of halogens is 1. The number of methoxy groups -OCH3 is 1. The minimum Gasteiger partial charge on any atom is -0.453 e. The van der Waals surface area contributed by atoms with E-state index in [1.54, 1.807) is 0 Å². The third kappa shape index (κ3) is 4.48. The van der Waals surface area contributed by atoms with E-state index in [9.17, 15) is 9.59 Å². The highest BCUT2D eigenvalue weighted by molar-refractivity contribution is 9.09. The third-order valence-corrected chi connectivity index (χ3v) is 4.17. The van der Waals surface area contributed by atoms with Gasteiger partial charge in [-0.25, -0.2) is 4.79 Å². The van der Waals surface area contributed by atoms with Crippen LogP contribution >= 0.6 is 15.9 Å². The van der Waals surface area contributed by atoms with Crippen LogP contribution in [0.15, 0.2) is 0 Å². The quantitative estimate of drug-likeness (QED) is 0.803. The Hall–Kier alpha value is -0.780. The number of nitrogens with zero attached hydrogens (tertiary/aromatic N) is 1. The number of alkyl halides is 1. The van der Waals surface area contributed by atoms with Crippen molar-refractivity contribution >= 4 is 27.9 Å². The molecule has 104 valence electrons. The first-order valence-electron chi connectivity index (χ1n) is 6.33. The summed E-state index contributed by atoms with van der Waals surface area (Å²) in [4.78, 5) is 25.7. The van der Waals surface area contributed by atoms with E-state index in [0.717, 1.165) is 32.4 Å². The van der Waals surface area contributed by atoms with Crippen LogP contribution in [0.1, 0.15) is 26.2 Å². The third-order valence-electron chi connectivity index (χ3n) is 3.26. The molecule has 2 amide bonds. The summed E-state index contributed by atoms with van der Waals surface area (Å²) < 4.78 is 4.50. The van der Waals surface area contributed by atoms with Gasteiger partial charge in [-0.3, -0.25) is 4.79 Å². The predicted molar refractivity (Wildman–Crippen MR) is 72.7 cm³/mol. The van der Waals surface area contributed by atoms with Gasteiger partial charge in [0.05, 0.1) is 13.0 Å². The summed E-state index contributed by atoms with van der Waals surface area (Å²) >= 11 is 3.57. The summed E-state index contributed by atoms with van der Waals surface area (Å²) in [6.45, 7) is 3.89. The van der Waals surface area contributed by atoms with Crippen molar-refractivity contribution in [3.8, 4) is 0 Å². The molecule has 0 aromatic carbocycles. The summed E-state index contributed by atoms with van der Waals surface area (Å²) in [5.74, 6) is -0.0238. The molecule has 6 heteroatoms. The molecule has 18 heavy (non-hydrogen) atoms. The summed E-state index contributed by atoms with van der Waals surface area (Å²) in [7, 11) is 1.32. The molecule has 1 saturated heterocycles. The van der Waals surface area contributed by atoms with Crippen molar-refractivity contribution in [1.29, 1.82) is 0 Å². The molecule has 0 spiro atoms. The van der Waals surface area contributed by atoms with E-state index in [1.165, 1.54) is 7.11 Å². The number of ether oxygens (including phenoxy) is 1. The Labute approximate surface area is 116 Å². The van der Waals surface area contributed by atoms with Gasteiger partial charge in [-0.1, -0.05) is 22.9 Å². The van der Waals surface area contributed by atoms with E-state index in [1.807, 2.05) is 11.8 Å². The minimum atomic E-state index is -0.486. The van der Waals surface area contributed by atoms with Gasteiger partial charge in [0.25, 0.3) is 0 Å². The lowest BCUT2D eigenvalue weighted by molar-refractivity contribution is -0.136. The van der Waals surface area contributed by atoms with Crippen molar-refractivity contribution in [2.45, 2.75) is 31.0 Å². The Bertz CT molecular complexity index is 291. The predicted octanol–water partition coefficient (Wildman–Crippen LogP) is 1.75. The standard InChI is InChI=1S/C12H21BrN2O3/c1-3-9(8-14-12(17)18-2)11(16)15-6-4-10(13)5-7-15/h9-10H,3-8H2,1-2H3,(H,14,17). The Morgan fingerprint density at radius 3 is 2.56 bits per heavy atom. The Morgan fingerprint density at radius 1 is 1.44 bits per heavy atom. The normalized spacial score (nSPS) is 18.3. The zero-order chi connectivity index (χ0) is 13.5. The second-order valence-corrected chi connectivity index (χ2v) is 5.77. The number of likely N-dealkylation sites (tertiary alicyclic amines) is 1. The lowest BCUT2D eigenvalue weighted by atomic mass is 10.0. The van der Waals surface area contributed by atoms with Crippen LogP contribution in [-0.2, 0) is 9.53 Å². The molecule has 5 nitrogen and oxygen atoms in total. The van der Waals surface area contributed by atoms with Crippen LogP contribution in [-0.4, -0.2) is 48.5 Å². The number of hydrogen-bond donors (Lipinski definition) is 1. The van der Waals surface area contributed by atoms with Crippen molar-refractivity contribution in [2.24, 2.45) is 5.92 Å². The van der Waals surface area contributed by atoms with Crippen LogP contribution < -0.4 is 5.32 Å². The van der Waals surface area contributed by atoms with Gasteiger partial charge in [-0.2, -0.15) is 0 Å². The van der Waals surface area contributed by atoms with Crippen LogP contribution in [0.4, 0.5) is 4.79 Å². The van der Waals surface area contributed by atoms with Crippen molar-refractivity contribution in [1.82, 2.24) is 10.2 Å². The van der Waals surface area contributed by atoms with Gasteiger partial charge < -0.3 is 15.0 Å². The van der Waals surface area contributed by atoms with Crippen LogP contribution in [0.5, 0.6) is 0 Å². The number of rotatable bonds is 4. The summed E-state index contributed by atoms with van der Waals surface area (Å²) in [5, 5.41) is 2.59. The largest absolute Gasteiger partial charge is 0.453 e. The number of nitrogens with one attached hydrogen (secondary N) is 1. The Balaban J connectivity index is 2.43. The maximum atomic E-state index is 12.3. The molecule has 1 fully saturated rings. The lowest BCUT2D eigenvalue weighted by Gasteiger charge is -2.32. The summed E-state index contributed by atoms with van der Waals surface area (Å²) in [6.07, 6.45) is 2.22. The number of carbonyl (C=O) groups is 2. The SMILES string of the molecule is CCC(CNC(=O)OC)C(=O)N1CCC(Br)CC1. The molecular formula is C12H21BrN2O3. The molecule has 1 aliphatic heterocycles. The molecule has 1 unspecified atom stereocenters. The monoisotopic (exact) mass is 320 g/mol. The molecule has 0 aromatic heterocycles. The molecule has 0 bridgehead atoms. The van der Waals surface area contributed by atoms with E-state index in [4.69, 9.17) is 0 Å². The van der Waals surface area contributed by atoms with E-state index in [-0.39, 0.29) is 11.8 Å². The number of carbonyl (C=O) groups excluding carboxylic acids is 2. The zero-order valence-corrected chi connectivity index (χ0v) is 12.5. The van der Waals surface area contributed by atoms with Crippen molar-refractivity contribution < 1.29 is 14.3 Å². The van der Waals surface area contributed by atoms with E-state index in [2.05, 4.69) is 26.0 Å². The number of amides is 2. The van der Waals surface area contributed by atoms with Gasteiger partial charge in [0, 0.05) is 24.5 Å². The first kappa shape index (κ1) is 15.3. The fourth-order valence-corrected chi connectivity index (χ4v) is 2.42. The van der Waals surface area contributed by atoms with Gasteiger partial charge >= 0.3 is 6.09 Å². The first-order chi connectivity index (χ1) is 8.58. The fraction of sp³-hybridized carbons (Fsp3) is 0.833. The molecule has 1 aliphatic rings. The maximum absolute atomic E-state index is 12.3. The molecule has 1 atom stereocenters. The van der Waals surface area contributed by atoms with Crippen molar-refractivity contribution in [3.63, 3.8) is 0 Å². The van der Waals surface area contributed by atoms with Crippen LogP contribution in [0, 0.1) is 5.92 Å². The smallest absolute Gasteiger partial charge is 0.406 e. The molecule has 0 saturated carbocycles. The fourth-order valence-electron chi connectivity index (χ4n) is 2.01. The molecule has 1 N–H and O–H groups in total. The van der Waals surface area contributed by atoms with Gasteiger partial charge in [0.2, 0.25) is 5.91 Å². The van der Waals surface area contributed by atoms with Crippen molar-refractivity contribution in [3.05, 3.63) is 0 Å². The van der Waals surface area contributed by atoms with Gasteiger partial charge in [0.1, 0.15) is 0 Å². The minimum absolute atomic E-state index is 0.133. The highest BCUT2D eigenvalue weighted by atomic mass is 79.9. The molecule has 0 aromatic rings. The number of piperidine rings is 1. The average Bonchev–Trinajstić information content (AvgIpc) is 2.39. The van der Waals surface area contributed by atoms with E-state index in [0.29, 0.717) is 11.4 Å². The van der Waals surface area contributed by atoms with Crippen LogP contribution in [0.3, 0.4) is 0 Å². The summed E-state index contributed by atoms with van der Waals surface area (Å²) in [6, 6.07) is 0. The van der Waals surface area contributed by atoms with Crippen LogP contribution in [0.25, 0.3) is 0 Å². The molecule has 0 radical (unpaired) electrons. The van der Waals surface area contributed by atoms with Crippen molar-refractivity contribution in [2.75, 3.05) is 26.7 Å². The highest BCUT2D eigenvalue weighted by Gasteiger charge is 2.26. The second-order valence-electron chi connectivity index (χ2n) is 4.48. The zero-order valence-electron chi connectivity index (χ0n) is 10.9. The Kier molecular flexibility index (Phi) is 6.46. The van der Waals surface area contributed by atoms with Gasteiger partial charge in [-0.15, -0.1) is 0 Å². The first-order valence-corrected chi connectivity index (χ1v) is 7.24. The van der Waals surface area contributed by atoms with E-state index < -0.39 is 6.09 Å². The lowest BCUT2D eigenvalue weighted by Crippen LogP contribution is -2.45. The molecule has 1 heterocycles. The number of alkyl carbamates (subject to hydrolysis) is 1. The maximum Gasteiger partial charge on any atom is 0.406 e.